The molecule has 1 saturated carbocycles. The van der Waals surface area contributed by atoms with Gasteiger partial charge in [-0.1, -0.05) is 19.1 Å². The molecule has 6 heteroatoms. The van der Waals surface area contributed by atoms with E-state index in [9.17, 15) is 9.59 Å². The number of amides is 2. The number of hydrazone groups is 1. The number of rotatable bonds is 5. The number of anilines is 1. The molecule has 3 unspecified atom stereocenters. The van der Waals surface area contributed by atoms with Crippen molar-refractivity contribution in [3.05, 3.63) is 29.8 Å². The normalized spacial score (nSPS) is 23.9. The van der Waals surface area contributed by atoms with Gasteiger partial charge < -0.3 is 5.32 Å². The highest BCUT2D eigenvalue weighted by Crippen LogP contribution is 2.43. The minimum Gasteiger partial charge on any atom is -0.325 e. The van der Waals surface area contributed by atoms with Gasteiger partial charge in [-0.2, -0.15) is 5.10 Å². The summed E-state index contributed by atoms with van der Waals surface area (Å²) >= 11 is 1.62. The lowest BCUT2D eigenvalue weighted by Crippen LogP contribution is -2.28. The molecule has 1 heterocycles. The molecule has 2 N–H and O–H groups in total. The smallest absolute Gasteiger partial charge is 0.243 e. The van der Waals surface area contributed by atoms with E-state index in [1.54, 1.807) is 11.8 Å². The molecular weight excluding hydrogens is 298 g/mol. The van der Waals surface area contributed by atoms with E-state index in [0.717, 1.165) is 29.1 Å². The van der Waals surface area contributed by atoms with Crippen molar-refractivity contribution in [2.45, 2.75) is 25.5 Å². The number of thioether (sulfide) groups is 1. The van der Waals surface area contributed by atoms with Crippen LogP contribution in [0.4, 0.5) is 5.69 Å². The second kappa shape index (κ2) is 6.12. The van der Waals surface area contributed by atoms with E-state index >= 15 is 0 Å². The number of hydrogen-bond acceptors (Lipinski definition) is 4. The van der Waals surface area contributed by atoms with Crippen LogP contribution < -0.4 is 10.7 Å². The highest BCUT2D eigenvalue weighted by atomic mass is 32.2. The molecule has 5 nitrogen and oxygen atoms in total. The fraction of sp³-hybridized carbons (Fsp3) is 0.438. The van der Waals surface area contributed by atoms with Gasteiger partial charge in [0, 0.05) is 17.5 Å². The van der Waals surface area contributed by atoms with Crippen LogP contribution in [0.25, 0.3) is 0 Å². The van der Waals surface area contributed by atoms with E-state index in [1.165, 1.54) is 0 Å². The maximum Gasteiger partial charge on any atom is 0.243 e. The third kappa shape index (κ3) is 3.02. The van der Waals surface area contributed by atoms with Crippen LogP contribution in [0.2, 0.25) is 0 Å². The Labute approximate surface area is 133 Å². The molecule has 3 rings (SSSR count). The summed E-state index contributed by atoms with van der Waals surface area (Å²) in [4.78, 5) is 23.4. The van der Waals surface area contributed by atoms with Crippen molar-refractivity contribution in [2.75, 3.05) is 11.1 Å². The van der Waals surface area contributed by atoms with E-state index in [1.807, 2.05) is 38.1 Å². The van der Waals surface area contributed by atoms with Crippen LogP contribution in [0.1, 0.15) is 25.8 Å². The van der Waals surface area contributed by atoms with Gasteiger partial charge in [-0.05, 0) is 36.8 Å². The first kappa shape index (κ1) is 15.1. The van der Waals surface area contributed by atoms with Crippen LogP contribution >= 0.6 is 11.8 Å². The maximum atomic E-state index is 12.0. The second-order valence-corrected chi connectivity index (χ2v) is 7.20. The fourth-order valence-electron chi connectivity index (χ4n) is 2.64. The van der Waals surface area contributed by atoms with Crippen LogP contribution in [0.3, 0.4) is 0 Å². The van der Waals surface area contributed by atoms with Crippen molar-refractivity contribution < 1.29 is 9.59 Å². The van der Waals surface area contributed by atoms with Crippen LogP contribution in [0, 0.1) is 11.8 Å². The lowest BCUT2D eigenvalue weighted by atomic mass is 10.0. The average molecular weight is 317 g/mol. The first-order chi connectivity index (χ1) is 10.6. The Morgan fingerprint density at radius 2 is 2.14 bits per heavy atom. The van der Waals surface area contributed by atoms with Crippen molar-refractivity contribution in [2.24, 2.45) is 16.9 Å². The minimum atomic E-state index is -0.0603. The van der Waals surface area contributed by atoms with E-state index in [2.05, 4.69) is 15.8 Å². The predicted molar refractivity (Wildman–Crippen MR) is 88.9 cm³/mol. The molecule has 1 aromatic rings. The first-order valence-electron chi connectivity index (χ1n) is 7.50. The largest absolute Gasteiger partial charge is 0.325 e. The van der Waals surface area contributed by atoms with Gasteiger partial charge >= 0.3 is 0 Å². The Hall–Kier alpha value is -1.82. The topological polar surface area (TPSA) is 70.6 Å². The summed E-state index contributed by atoms with van der Waals surface area (Å²) in [6.07, 6.45) is 0.884. The monoisotopic (exact) mass is 317 g/mol. The van der Waals surface area contributed by atoms with Crippen molar-refractivity contribution in [3.8, 4) is 0 Å². The molecular formula is C16H19N3O2S. The molecule has 22 heavy (non-hydrogen) atoms. The standard InChI is InChI=1S/C16H19N3O2S/c1-3-22-9(2)15(20)17-11-6-4-10(5-7-11)14-12-8-13(12)16(21)19-18-14/h4-7,9,12-13H,3,8H2,1-2H3,(H,17,20)(H,19,21). The molecule has 2 aliphatic rings. The van der Waals surface area contributed by atoms with E-state index in [4.69, 9.17) is 0 Å². The summed E-state index contributed by atoms with van der Waals surface area (Å²) in [5.41, 5.74) is 5.30. The van der Waals surface area contributed by atoms with Crippen molar-refractivity contribution in [1.29, 1.82) is 0 Å². The highest BCUT2D eigenvalue weighted by molar-refractivity contribution is 8.00. The zero-order valence-electron chi connectivity index (χ0n) is 12.6. The predicted octanol–water partition coefficient (Wildman–Crippen LogP) is 2.24. The number of carbonyl (C=O) groups excluding carboxylic acids is 2. The molecule has 116 valence electrons. The average Bonchev–Trinajstić information content (AvgIpc) is 3.30. The Balaban J connectivity index is 1.66. The summed E-state index contributed by atoms with van der Waals surface area (Å²) in [6, 6.07) is 7.65. The lowest BCUT2D eigenvalue weighted by Gasteiger charge is -2.13. The van der Waals surface area contributed by atoms with Gasteiger partial charge in [0.25, 0.3) is 0 Å². The number of nitrogens with one attached hydrogen (secondary N) is 2. The molecule has 0 bridgehead atoms. The van der Waals surface area contributed by atoms with Gasteiger partial charge in [0.15, 0.2) is 0 Å². The van der Waals surface area contributed by atoms with Crippen molar-refractivity contribution >= 4 is 35.0 Å². The number of carbonyl (C=O) groups is 2. The second-order valence-electron chi connectivity index (χ2n) is 5.59. The van der Waals surface area contributed by atoms with E-state index < -0.39 is 0 Å². The van der Waals surface area contributed by atoms with Gasteiger partial charge in [0.1, 0.15) is 0 Å². The Morgan fingerprint density at radius 3 is 2.82 bits per heavy atom. The molecule has 1 aliphatic carbocycles. The molecule has 1 aliphatic heterocycles. The molecule has 0 spiro atoms. The number of hydrogen-bond donors (Lipinski definition) is 2. The molecule has 2 amide bonds. The maximum absolute atomic E-state index is 12.0. The molecule has 3 atom stereocenters. The number of fused-ring (bicyclic) bond motifs is 1. The van der Waals surface area contributed by atoms with Crippen LogP contribution in [-0.2, 0) is 9.59 Å². The lowest BCUT2D eigenvalue weighted by molar-refractivity contribution is -0.122. The van der Waals surface area contributed by atoms with Crippen molar-refractivity contribution in [1.82, 2.24) is 5.43 Å². The van der Waals surface area contributed by atoms with E-state index in [-0.39, 0.29) is 28.9 Å². The van der Waals surface area contributed by atoms with Gasteiger partial charge in [0.05, 0.1) is 11.0 Å². The number of benzene rings is 1. The molecule has 0 saturated heterocycles. The van der Waals surface area contributed by atoms with Crippen LogP contribution in [-0.4, -0.2) is 28.5 Å². The first-order valence-corrected chi connectivity index (χ1v) is 8.55. The van der Waals surface area contributed by atoms with Crippen LogP contribution in [0.15, 0.2) is 29.4 Å². The Bertz CT molecular complexity index is 627. The Morgan fingerprint density at radius 1 is 1.41 bits per heavy atom. The van der Waals surface area contributed by atoms with Gasteiger partial charge in [0.2, 0.25) is 11.8 Å². The fourth-order valence-corrected chi connectivity index (χ4v) is 3.35. The molecule has 1 fully saturated rings. The highest BCUT2D eigenvalue weighted by Gasteiger charge is 2.49. The van der Waals surface area contributed by atoms with Crippen molar-refractivity contribution in [3.63, 3.8) is 0 Å². The summed E-state index contributed by atoms with van der Waals surface area (Å²) in [7, 11) is 0. The van der Waals surface area contributed by atoms with Gasteiger partial charge in [-0.25, -0.2) is 5.43 Å². The summed E-state index contributed by atoms with van der Waals surface area (Å²) < 4.78 is 0. The van der Waals surface area contributed by atoms with Gasteiger partial charge in [-0.15, -0.1) is 11.8 Å². The molecule has 1 aromatic carbocycles. The summed E-state index contributed by atoms with van der Waals surface area (Å²) in [5, 5.41) is 7.03. The summed E-state index contributed by atoms with van der Waals surface area (Å²) in [5.74, 6) is 1.32. The third-order valence-electron chi connectivity index (χ3n) is 4.00. The quantitative estimate of drug-likeness (QED) is 0.875. The summed E-state index contributed by atoms with van der Waals surface area (Å²) in [6.45, 7) is 3.95. The minimum absolute atomic E-state index is 0.0177. The van der Waals surface area contributed by atoms with E-state index in [0.29, 0.717) is 0 Å². The zero-order chi connectivity index (χ0) is 15.7. The third-order valence-corrected chi connectivity index (χ3v) is 5.05. The Kier molecular flexibility index (Phi) is 4.20. The zero-order valence-corrected chi connectivity index (χ0v) is 13.4. The number of nitrogens with zero attached hydrogens (tertiary/aromatic N) is 1. The van der Waals surface area contributed by atoms with Gasteiger partial charge in [-0.3, -0.25) is 9.59 Å². The SMILES string of the molecule is CCSC(C)C(=O)Nc1ccc(C2=NNC(=O)C3CC23)cc1. The molecule has 0 radical (unpaired) electrons. The molecule has 0 aromatic heterocycles. The van der Waals surface area contributed by atoms with Crippen LogP contribution in [0.5, 0.6) is 0 Å².